The number of rotatable bonds is 3. The average Bonchev–Trinajstić information content (AvgIpc) is 2.81. The van der Waals surface area contributed by atoms with Crippen LogP contribution in [0.3, 0.4) is 0 Å². The lowest BCUT2D eigenvalue weighted by molar-refractivity contribution is 0.0785. The number of aromatic nitrogens is 1. The topological polar surface area (TPSA) is 59.2 Å². The molecule has 1 aliphatic heterocycles. The highest BCUT2D eigenvalue weighted by Gasteiger charge is 2.27. The minimum Gasteiger partial charge on any atom is -0.382 e. The van der Waals surface area contributed by atoms with Crippen LogP contribution in [0.2, 0.25) is 5.02 Å². The maximum atomic E-state index is 12.2. The number of nitrogens with two attached hydrogens (primary N) is 1. The summed E-state index contributed by atoms with van der Waals surface area (Å²) in [7, 11) is 0. The highest BCUT2D eigenvalue weighted by molar-refractivity contribution is 6.33. The normalized spacial score (nSPS) is 19.2. The lowest BCUT2D eigenvalue weighted by atomic mass is 10.1. The van der Waals surface area contributed by atoms with Gasteiger partial charge >= 0.3 is 0 Å². The maximum absolute atomic E-state index is 12.2. The number of pyridine rings is 1. The molecular weight excluding hydrogens is 257 g/mol. The number of carbonyl (C=O) groups is 1. The van der Waals surface area contributed by atoms with Gasteiger partial charge in [0.1, 0.15) is 5.82 Å². The first kappa shape index (κ1) is 13.1. The standard InChI is InChI=1S/C12H15ClFN3O/c13-10-5-9(6-16-11(10)15)12(18)17-4-2-8(7-17)1-3-14/h5-6,8H,1-4,7H2,(H2,15,16). The second-order valence-electron chi connectivity index (χ2n) is 4.47. The van der Waals surface area contributed by atoms with E-state index in [0.29, 0.717) is 25.1 Å². The number of amides is 1. The molecule has 0 saturated carbocycles. The Balaban J connectivity index is 2.05. The van der Waals surface area contributed by atoms with E-state index in [1.807, 2.05) is 0 Å². The van der Waals surface area contributed by atoms with Crippen molar-refractivity contribution in [2.24, 2.45) is 5.92 Å². The van der Waals surface area contributed by atoms with Gasteiger partial charge in [0.2, 0.25) is 0 Å². The second kappa shape index (κ2) is 5.52. The van der Waals surface area contributed by atoms with E-state index >= 15 is 0 Å². The van der Waals surface area contributed by atoms with Crippen molar-refractivity contribution in [2.75, 3.05) is 25.5 Å². The summed E-state index contributed by atoms with van der Waals surface area (Å²) >= 11 is 5.84. The zero-order chi connectivity index (χ0) is 13.1. The third-order valence-corrected chi connectivity index (χ3v) is 3.51. The molecule has 0 spiro atoms. The number of hydrogen-bond donors (Lipinski definition) is 1. The number of halogens is 2. The van der Waals surface area contributed by atoms with Crippen LogP contribution in [-0.2, 0) is 0 Å². The van der Waals surface area contributed by atoms with Crippen LogP contribution in [0.4, 0.5) is 10.2 Å². The number of nitrogens with zero attached hydrogens (tertiary/aromatic N) is 2. The molecule has 1 atom stereocenters. The molecule has 1 fully saturated rings. The monoisotopic (exact) mass is 271 g/mol. The van der Waals surface area contributed by atoms with Crippen LogP contribution in [-0.4, -0.2) is 35.6 Å². The maximum Gasteiger partial charge on any atom is 0.255 e. The molecule has 1 saturated heterocycles. The molecule has 1 aromatic heterocycles. The van der Waals surface area contributed by atoms with E-state index in [4.69, 9.17) is 17.3 Å². The molecule has 0 aliphatic carbocycles. The van der Waals surface area contributed by atoms with Gasteiger partial charge in [-0.3, -0.25) is 9.18 Å². The van der Waals surface area contributed by atoms with E-state index in [0.717, 1.165) is 6.42 Å². The molecule has 0 radical (unpaired) electrons. The zero-order valence-corrected chi connectivity index (χ0v) is 10.7. The van der Waals surface area contributed by atoms with E-state index in [1.54, 1.807) is 4.90 Å². The molecule has 0 aromatic carbocycles. The summed E-state index contributed by atoms with van der Waals surface area (Å²) < 4.78 is 12.2. The molecule has 98 valence electrons. The van der Waals surface area contributed by atoms with Crippen molar-refractivity contribution in [3.63, 3.8) is 0 Å². The quantitative estimate of drug-likeness (QED) is 0.916. The number of carbonyl (C=O) groups excluding carboxylic acids is 1. The van der Waals surface area contributed by atoms with Gasteiger partial charge in [-0.25, -0.2) is 4.98 Å². The van der Waals surface area contributed by atoms with Gasteiger partial charge in [-0.2, -0.15) is 0 Å². The Bertz CT molecular complexity index is 455. The summed E-state index contributed by atoms with van der Waals surface area (Å²) in [4.78, 5) is 17.7. The molecule has 2 rings (SSSR count). The van der Waals surface area contributed by atoms with Gasteiger partial charge in [-0.1, -0.05) is 11.6 Å². The van der Waals surface area contributed by atoms with Crippen molar-refractivity contribution in [1.82, 2.24) is 9.88 Å². The molecule has 2 N–H and O–H groups in total. The fourth-order valence-electron chi connectivity index (χ4n) is 2.16. The molecule has 1 amide bonds. The van der Waals surface area contributed by atoms with Crippen molar-refractivity contribution < 1.29 is 9.18 Å². The van der Waals surface area contributed by atoms with Crippen LogP contribution in [0, 0.1) is 5.92 Å². The van der Waals surface area contributed by atoms with E-state index < -0.39 is 0 Å². The molecule has 2 heterocycles. The van der Waals surface area contributed by atoms with E-state index in [-0.39, 0.29) is 29.3 Å². The number of hydrogen-bond acceptors (Lipinski definition) is 3. The largest absolute Gasteiger partial charge is 0.382 e. The van der Waals surface area contributed by atoms with Crippen molar-refractivity contribution in [3.05, 3.63) is 22.8 Å². The lowest BCUT2D eigenvalue weighted by Crippen LogP contribution is -2.28. The number of anilines is 1. The highest BCUT2D eigenvalue weighted by atomic mass is 35.5. The molecule has 1 aromatic rings. The molecule has 0 bridgehead atoms. The van der Waals surface area contributed by atoms with Crippen molar-refractivity contribution in [1.29, 1.82) is 0 Å². The van der Waals surface area contributed by atoms with Gasteiger partial charge in [0.25, 0.3) is 5.91 Å². The Kier molecular flexibility index (Phi) is 4.01. The first-order chi connectivity index (χ1) is 8.61. The van der Waals surface area contributed by atoms with Gasteiger partial charge in [-0.15, -0.1) is 0 Å². The Morgan fingerprint density at radius 1 is 1.67 bits per heavy atom. The molecule has 18 heavy (non-hydrogen) atoms. The van der Waals surface area contributed by atoms with E-state index in [9.17, 15) is 9.18 Å². The molecule has 1 unspecified atom stereocenters. The zero-order valence-electron chi connectivity index (χ0n) is 9.90. The molecule has 1 aliphatic rings. The minimum atomic E-state index is -0.331. The Hall–Kier alpha value is -1.36. The fraction of sp³-hybridized carbons (Fsp3) is 0.500. The van der Waals surface area contributed by atoms with Gasteiger partial charge in [0, 0.05) is 19.3 Å². The van der Waals surface area contributed by atoms with E-state index in [1.165, 1.54) is 12.3 Å². The predicted molar refractivity (Wildman–Crippen MR) is 68.3 cm³/mol. The Labute approximate surface area is 110 Å². The summed E-state index contributed by atoms with van der Waals surface area (Å²) in [5.41, 5.74) is 5.92. The van der Waals surface area contributed by atoms with Crippen LogP contribution < -0.4 is 5.73 Å². The van der Waals surface area contributed by atoms with Crippen LogP contribution >= 0.6 is 11.6 Å². The first-order valence-corrected chi connectivity index (χ1v) is 6.26. The Morgan fingerprint density at radius 3 is 3.11 bits per heavy atom. The SMILES string of the molecule is Nc1ncc(C(=O)N2CCC(CCF)C2)cc1Cl. The summed E-state index contributed by atoms with van der Waals surface area (Å²) in [5, 5.41) is 0.278. The smallest absolute Gasteiger partial charge is 0.255 e. The Morgan fingerprint density at radius 2 is 2.44 bits per heavy atom. The summed E-state index contributed by atoms with van der Waals surface area (Å²) in [6.45, 7) is 0.929. The molecular formula is C12H15ClFN3O. The lowest BCUT2D eigenvalue weighted by Gasteiger charge is -2.16. The third kappa shape index (κ3) is 2.72. The van der Waals surface area contributed by atoms with Crippen LogP contribution in [0.1, 0.15) is 23.2 Å². The number of alkyl halides is 1. The van der Waals surface area contributed by atoms with Gasteiger partial charge in [-0.05, 0) is 24.8 Å². The summed E-state index contributed by atoms with van der Waals surface area (Å²) in [6.07, 6.45) is 2.79. The van der Waals surface area contributed by atoms with Crippen LogP contribution in [0.15, 0.2) is 12.3 Å². The fourth-order valence-corrected chi connectivity index (χ4v) is 2.32. The van der Waals surface area contributed by atoms with Crippen LogP contribution in [0.25, 0.3) is 0 Å². The molecule has 6 heteroatoms. The van der Waals surface area contributed by atoms with Gasteiger partial charge in [0.15, 0.2) is 0 Å². The summed E-state index contributed by atoms with van der Waals surface area (Å²) in [6, 6.07) is 1.52. The minimum absolute atomic E-state index is 0.120. The third-order valence-electron chi connectivity index (χ3n) is 3.21. The van der Waals surface area contributed by atoms with E-state index in [2.05, 4.69) is 4.98 Å². The highest BCUT2D eigenvalue weighted by Crippen LogP contribution is 2.23. The van der Waals surface area contributed by atoms with Crippen molar-refractivity contribution in [3.8, 4) is 0 Å². The molecule has 4 nitrogen and oxygen atoms in total. The number of likely N-dealkylation sites (tertiary alicyclic amines) is 1. The second-order valence-corrected chi connectivity index (χ2v) is 4.88. The summed E-state index contributed by atoms with van der Waals surface area (Å²) in [5.74, 6) is 0.354. The first-order valence-electron chi connectivity index (χ1n) is 5.88. The van der Waals surface area contributed by atoms with Gasteiger partial charge < -0.3 is 10.6 Å². The average molecular weight is 272 g/mol. The van der Waals surface area contributed by atoms with Gasteiger partial charge in [0.05, 0.1) is 17.3 Å². The van der Waals surface area contributed by atoms with Crippen molar-refractivity contribution >= 4 is 23.3 Å². The van der Waals surface area contributed by atoms with Crippen molar-refractivity contribution in [2.45, 2.75) is 12.8 Å². The predicted octanol–water partition coefficient (Wildman–Crippen LogP) is 2.14. The van der Waals surface area contributed by atoms with Crippen LogP contribution in [0.5, 0.6) is 0 Å². The number of nitrogen functional groups attached to an aromatic ring is 1.